The third-order valence-corrected chi connectivity index (χ3v) is 2.06. The molecule has 0 rings (SSSR count). The summed E-state index contributed by atoms with van der Waals surface area (Å²) < 4.78 is 5.23. The average Bonchev–Trinajstić information content (AvgIpc) is 2.01. The highest BCUT2D eigenvalue weighted by molar-refractivity contribution is 9.09. The van der Waals surface area contributed by atoms with Gasteiger partial charge in [0, 0.05) is 18.5 Å². The van der Waals surface area contributed by atoms with Gasteiger partial charge in [-0.3, -0.25) is 0 Å². The van der Waals surface area contributed by atoms with E-state index in [4.69, 9.17) is 4.74 Å². The Kier molecular flexibility index (Phi) is 8.81. The molecule has 0 aliphatic carbocycles. The zero-order valence-electron chi connectivity index (χ0n) is 7.48. The first-order valence-corrected chi connectivity index (χ1v) is 5.25. The number of hydrogen-bond acceptors (Lipinski definition) is 2. The number of ether oxygens (including phenoxy) is 1. The van der Waals surface area contributed by atoms with Gasteiger partial charge in [0.05, 0.1) is 6.61 Å². The number of rotatable bonds is 7. The summed E-state index contributed by atoms with van der Waals surface area (Å²) in [6, 6.07) is 0. The van der Waals surface area contributed by atoms with Crippen LogP contribution in [0.15, 0.2) is 0 Å². The van der Waals surface area contributed by atoms with Crippen LogP contribution in [-0.4, -0.2) is 43.6 Å². The lowest BCUT2D eigenvalue weighted by molar-refractivity contribution is 0.122. The SMILES string of the molecule is CCOCCN(C)CCCBr. The summed E-state index contributed by atoms with van der Waals surface area (Å²) in [5.41, 5.74) is 0. The van der Waals surface area contributed by atoms with Gasteiger partial charge in [-0.2, -0.15) is 0 Å². The van der Waals surface area contributed by atoms with Gasteiger partial charge in [-0.15, -0.1) is 0 Å². The lowest BCUT2D eigenvalue weighted by Crippen LogP contribution is -2.24. The van der Waals surface area contributed by atoms with Gasteiger partial charge >= 0.3 is 0 Å². The van der Waals surface area contributed by atoms with Gasteiger partial charge in [0.2, 0.25) is 0 Å². The van der Waals surface area contributed by atoms with Crippen molar-refractivity contribution in [1.82, 2.24) is 4.90 Å². The van der Waals surface area contributed by atoms with Crippen LogP contribution < -0.4 is 0 Å². The molecule has 0 unspecified atom stereocenters. The molecule has 0 saturated heterocycles. The van der Waals surface area contributed by atoms with Crippen molar-refractivity contribution in [2.75, 3.05) is 38.7 Å². The fourth-order valence-corrected chi connectivity index (χ4v) is 1.06. The maximum atomic E-state index is 5.23. The summed E-state index contributed by atoms with van der Waals surface area (Å²) in [5, 5.41) is 1.09. The third-order valence-electron chi connectivity index (χ3n) is 1.49. The Morgan fingerprint density at radius 2 is 2.09 bits per heavy atom. The Labute approximate surface area is 78.0 Å². The summed E-state index contributed by atoms with van der Waals surface area (Å²) in [7, 11) is 2.13. The minimum atomic E-state index is 0.826. The van der Waals surface area contributed by atoms with E-state index in [1.807, 2.05) is 6.92 Å². The zero-order chi connectivity index (χ0) is 8.53. The second-order valence-electron chi connectivity index (χ2n) is 2.54. The topological polar surface area (TPSA) is 12.5 Å². The highest BCUT2D eigenvalue weighted by Crippen LogP contribution is 1.91. The monoisotopic (exact) mass is 223 g/mol. The predicted octanol–water partition coefficient (Wildman–Crippen LogP) is 1.74. The van der Waals surface area contributed by atoms with Crippen molar-refractivity contribution in [2.45, 2.75) is 13.3 Å². The number of alkyl halides is 1. The van der Waals surface area contributed by atoms with Gasteiger partial charge in [0.1, 0.15) is 0 Å². The van der Waals surface area contributed by atoms with E-state index in [0.717, 1.165) is 31.6 Å². The van der Waals surface area contributed by atoms with Gasteiger partial charge in [-0.1, -0.05) is 15.9 Å². The molecule has 0 heterocycles. The molecule has 0 aliphatic heterocycles. The van der Waals surface area contributed by atoms with Crippen molar-refractivity contribution in [3.63, 3.8) is 0 Å². The van der Waals surface area contributed by atoms with E-state index in [-0.39, 0.29) is 0 Å². The van der Waals surface area contributed by atoms with Crippen molar-refractivity contribution in [3.05, 3.63) is 0 Å². The third kappa shape index (κ3) is 8.30. The van der Waals surface area contributed by atoms with Crippen LogP contribution in [0.1, 0.15) is 13.3 Å². The van der Waals surface area contributed by atoms with E-state index in [1.54, 1.807) is 0 Å². The van der Waals surface area contributed by atoms with Crippen LogP contribution in [0.25, 0.3) is 0 Å². The van der Waals surface area contributed by atoms with Crippen molar-refractivity contribution in [1.29, 1.82) is 0 Å². The van der Waals surface area contributed by atoms with Gasteiger partial charge in [-0.25, -0.2) is 0 Å². The molecule has 0 fully saturated rings. The maximum absolute atomic E-state index is 5.23. The van der Waals surface area contributed by atoms with Gasteiger partial charge in [-0.05, 0) is 26.9 Å². The summed E-state index contributed by atoms with van der Waals surface area (Å²) in [6.07, 6.45) is 1.21. The second kappa shape index (κ2) is 8.50. The molecule has 0 aromatic heterocycles. The van der Waals surface area contributed by atoms with Gasteiger partial charge in [0.15, 0.2) is 0 Å². The smallest absolute Gasteiger partial charge is 0.0593 e. The molecule has 0 atom stereocenters. The number of nitrogens with zero attached hydrogens (tertiary/aromatic N) is 1. The molecule has 0 spiro atoms. The Bertz CT molecular complexity index is 80.5. The van der Waals surface area contributed by atoms with Crippen LogP contribution in [0.4, 0.5) is 0 Å². The van der Waals surface area contributed by atoms with Crippen LogP contribution in [0.5, 0.6) is 0 Å². The first-order chi connectivity index (χ1) is 5.31. The zero-order valence-corrected chi connectivity index (χ0v) is 9.06. The van der Waals surface area contributed by atoms with Crippen LogP contribution in [-0.2, 0) is 4.74 Å². The number of likely N-dealkylation sites (N-methyl/N-ethyl adjacent to an activating group) is 1. The summed E-state index contributed by atoms with van der Waals surface area (Å²) in [5.74, 6) is 0. The Morgan fingerprint density at radius 1 is 1.36 bits per heavy atom. The molecular weight excluding hydrogens is 206 g/mol. The fourth-order valence-electron chi connectivity index (χ4n) is 0.806. The molecule has 11 heavy (non-hydrogen) atoms. The standard InChI is InChI=1S/C8H18BrNO/c1-3-11-8-7-10(2)6-4-5-9/h3-8H2,1-2H3. The molecule has 0 bridgehead atoms. The van der Waals surface area contributed by atoms with Gasteiger partial charge < -0.3 is 9.64 Å². The minimum absolute atomic E-state index is 0.826. The van der Waals surface area contributed by atoms with Crippen LogP contribution in [0, 0.1) is 0 Å². The summed E-state index contributed by atoms with van der Waals surface area (Å²) in [6.45, 7) is 5.90. The van der Waals surface area contributed by atoms with E-state index < -0.39 is 0 Å². The normalized spacial score (nSPS) is 10.9. The van der Waals surface area contributed by atoms with Crippen molar-refractivity contribution >= 4 is 15.9 Å². The molecule has 0 aromatic rings. The van der Waals surface area contributed by atoms with E-state index in [2.05, 4.69) is 27.9 Å². The molecule has 0 aromatic carbocycles. The van der Waals surface area contributed by atoms with Crippen molar-refractivity contribution in [2.24, 2.45) is 0 Å². The molecule has 0 saturated carbocycles. The number of hydrogen-bond donors (Lipinski definition) is 0. The summed E-state index contributed by atoms with van der Waals surface area (Å²) in [4.78, 5) is 2.29. The predicted molar refractivity (Wildman–Crippen MR) is 52.4 cm³/mol. The highest BCUT2D eigenvalue weighted by Gasteiger charge is 1.95. The van der Waals surface area contributed by atoms with E-state index in [0.29, 0.717) is 0 Å². The van der Waals surface area contributed by atoms with Crippen molar-refractivity contribution in [3.8, 4) is 0 Å². The maximum Gasteiger partial charge on any atom is 0.0593 e. The Morgan fingerprint density at radius 3 is 2.64 bits per heavy atom. The molecule has 0 N–H and O–H groups in total. The fraction of sp³-hybridized carbons (Fsp3) is 1.00. The minimum Gasteiger partial charge on any atom is -0.380 e. The second-order valence-corrected chi connectivity index (χ2v) is 3.34. The lowest BCUT2D eigenvalue weighted by Gasteiger charge is -2.14. The van der Waals surface area contributed by atoms with Crippen molar-refractivity contribution < 1.29 is 4.74 Å². The van der Waals surface area contributed by atoms with Crippen LogP contribution in [0.2, 0.25) is 0 Å². The molecule has 0 radical (unpaired) electrons. The molecular formula is C8H18BrNO. The highest BCUT2D eigenvalue weighted by atomic mass is 79.9. The van der Waals surface area contributed by atoms with Gasteiger partial charge in [0.25, 0.3) is 0 Å². The lowest BCUT2D eigenvalue weighted by atomic mass is 10.4. The average molecular weight is 224 g/mol. The summed E-state index contributed by atoms with van der Waals surface area (Å²) >= 11 is 3.40. The largest absolute Gasteiger partial charge is 0.380 e. The van der Waals surface area contributed by atoms with Crippen LogP contribution in [0.3, 0.4) is 0 Å². The van der Waals surface area contributed by atoms with E-state index >= 15 is 0 Å². The first-order valence-electron chi connectivity index (χ1n) is 4.13. The molecule has 2 nitrogen and oxygen atoms in total. The molecule has 3 heteroatoms. The van der Waals surface area contributed by atoms with E-state index in [9.17, 15) is 0 Å². The quantitative estimate of drug-likeness (QED) is 0.482. The molecule has 68 valence electrons. The molecule has 0 amide bonds. The number of halogens is 1. The van der Waals surface area contributed by atoms with Crippen LogP contribution >= 0.6 is 15.9 Å². The Balaban J connectivity index is 3.02. The Hall–Kier alpha value is 0.400. The molecule has 0 aliphatic rings. The first kappa shape index (κ1) is 11.4. The van der Waals surface area contributed by atoms with E-state index in [1.165, 1.54) is 6.42 Å².